The van der Waals surface area contributed by atoms with Crippen LogP contribution in [-0.4, -0.2) is 54.3 Å². The predicted molar refractivity (Wildman–Crippen MR) is 80.7 cm³/mol. The van der Waals surface area contributed by atoms with Gasteiger partial charge in [0.15, 0.2) is 0 Å². The quantitative estimate of drug-likeness (QED) is 0.770. The lowest BCUT2D eigenvalue weighted by Gasteiger charge is -2.34. The second kappa shape index (κ2) is 6.33. The van der Waals surface area contributed by atoms with E-state index in [2.05, 4.69) is 22.6 Å². The number of nitrogens with zero attached hydrogens (tertiary/aromatic N) is 2. The molecule has 6 heteroatoms. The van der Waals surface area contributed by atoms with Gasteiger partial charge in [-0.3, -0.25) is 9.59 Å². The molecule has 19 heavy (non-hydrogen) atoms. The summed E-state index contributed by atoms with van der Waals surface area (Å²) >= 11 is 2.16. The molecule has 1 aromatic carbocycles. The van der Waals surface area contributed by atoms with Gasteiger partial charge in [-0.1, -0.05) is 12.1 Å². The molecule has 1 aromatic rings. The van der Waals surface area contributed by atoms with E-state index in [1.54, 1.807) is 9.80 Å². The Balaban J connectivity index is 2.00. The topological polar surface area (TPSA) is 66.6 Å². The van der Waals surface area contributed by atoms with Gasteiger partial charge < -0.3 is 15.5 Å². The number of rotatable bonds is 2. The number of halogens is 1. The normalized spacial score (nSPS) is 15.5. The van der Waals surface area contributed by atoms with Crippen LogP contribution in [0.25, 0.3) is 0 Å². The summed E-state index contributed by atoms with van der Waals surface area (Å²) in [5.74, 6) is -0.0220. The number of carbonyl (C=O) groups is 2. The number of benzene rings is 1. The van der Waals surface area contributed by atoms with Crippen LogP contribution in [0.5, 0.6) is 0 Å². The highest BCUT2D eigenvalue weighted by atomic mass is 127. The minimum Gasteiger partial charge on any atom is -0.338 e. The van der Waals surface area contributed by atoms with Crippen LogP contribution >= 0.6 is 22.6 Å². The van der Waals surface area contributed by atoms with E-state index in [0.717, 1.165) is 9.13 Å². The van der Waals surface area contributed by atoms with Gasteiger partial charge in [-0.15, -0.1) is 0 Å². The first kappa shape index (κ1) is 14.3. The molecule has 0 aromatic heterocycles. The molecule has 0 bridgehead atoms. The number of nitrogens with two attached hydrogens (primary N) is 1. The zero-order valence-corrected chi connectivity index (χ0v) is 12.7. The molecule has 0 atom stereocenters. The fourth-order valence-corrected chi connectivity index (χ4v) is 2.71. The zero-order chi connectivity index (χ0) is 13.8. The zero-order valence-electron chi connectivity index (χ0n) is 10.5. The average Bonchev–Trinajstić information content (AvgIpc) is 2.46. The molecule has 2 N–H and O–H groups in total. The lowest BCUT2D eigenvalue weighted by atomic mass is 10.2. The predicted octanol–water partition coefficient (Wildman–Crippen LogP) is 0.534. The summed E-state index contributed by atoms with van der Waals surface area (Å²) in [5.41, 5.74) is 6.06. The van der Waals surface area contributed by atoms with E-state index in [1.165, 1.54) is 0 Å². The summed E-state index contributed by atoms with van der Waals surface area (Å²) in [6.07, 6.45) is 0. The Morgan fingerprint density at radius 3 is 2.26 bits per heavy atom. The van der Waals surface area contributed by atoms with Crippen molar-refractivity contribution in [1.82, 2.24) is 9.80 Å². The number of hydrogen-bond acceptors (Lipinski definition) is 3. The van der Waals surface area contributed by atoms with Crippen LogP contribution in [-0.2, 0) is 4.79 Å². The SMILES string of the molecule is NCC(=O)N1CCN(C(=O)c2ccccc2I)CC1. The van der Waals surface area contributed by atoms with E-state index >= 15 is 0 Å². The molecule has 5 nitrogen and oxygen atoms in total. The average molecular weight is 373 g/mol. The Labute approximate surface area is 125 Å². The molecule has 1 saturated heterocycles. The van der Waals surface area contributed by atoms with Crippen LogP contribution < -0.4 is 5.73 Å². The minimum atomic E-state index is -0.0543. The third-order valence-electron chi connectivity index (χ3n) is 3.20. The van der Waals surface area contributed by atoms with Crippen LogP contribution in [0.3, 0.4) is 0 Å². The van der Waals surface area contributed by atoms with Gasteiger partial charge >= 0.3 is 0 Å². The molecule has 1 aliphatic heterocycles. The van der Waals surface area contributed by atoms with E-state index in [1.807, 2.05) is 24.3 Å². The van der Waals surface area contributed by atoms with E-state index in [0.29, 0.717) is 26.2 Å². The Morgan fingerprint density at radius 2 is 1.68 bits per heavy atom. The van der Waals surface area contributed by atoms with E-state index < -0.39 is 0 Å². The Hall–Kier alpha value is -1.15. The summed E-state index contributed by atoms with van der Waals surface area (Å²) in [6.45, 7) is 2.28. The van der Waals surface area contributed by atoms with Crippen molar-refractivity contribution in [3.63, 3.8) is 0 Å². The molecule has 102 valence electrons. The smallest absolute Gasteiger partial charge is 0.255 e. The minimum absolute atomic E-state index is 0.0323. The molecule has 0 spiro atoms. The van der Waals surface area contributed by atoms with Crippen LogP contribution in [0.4, 0.5) is 0 Å². The second-order valence-electron chi connectivity index (χ2n) is 4.36. The molecule has 1 aliphatic rings. The third kappa shape index (κ3) is 3.24. The van der Waals surface area contributed by atoms with Crippen LogP contribution in [0.1, 0.15) is 10.4 Å². The molecule has 2 rings (SSSR count). The van der Waals surface area contributed by atoms with Crippen LogP contribution in [0.2, 0.25) is 0 Å². The number of hydrogen-bond donors (Lipinski definition) is 1. The molecule has 1 fully saturated rings. The molecule has 0 aliphatic carbocycles. The molecule has 2 amide bonds. The summed E-state index contributed by atoms with van der Waals surface area (Å²) in [7, 11) is 0. The van der Waals surface area contributed by atoms with E-state index in [4.69, 9.17) is 5.73 Å². The van der Waals surface area contributed by atoms with Crippen molar-refractivity contribution < 1.29 is 9.59 Å². The monoisotopic (exact) mass is 373 g/mol. The number of piperazine rings is 1. The molecular weight excluding hydrogens is 357 g/mol. The molecule has 0 radical (unpaired) electrons. The van der Waals surface area contributed by atoms with Crippen molar-refractivity contribution in [2.75, 3.05) is 32.7 Å². The first-order valence-electron chi connectivity index (χ1n) is 6.15. The van der Waals surface area contributed by atoms with Crippen molar-refractivity contribution in [2.24, 2.45) is 5.73 Å². The van der Waals surface area contributed by atoms with Gasteiger partial charge in [-0.25, -0.2) is 0 Å². The first-order chi connectivity index (χ1) is 9.13. The highest BCUT2D eigenvalue weighted by Crippen LogP contribution is 2.15. The summed E-state index contributed by atoms with van der Waals surface area (Å²) in [6, 6.07) is 7.53. The van der Waals surface area contributed by atoms with Crippen molar-refractivity contribution in [3.8, 4) is 0 Å². The summed E-state index contributed by atoms with van der Waals surface area (Å²) in [5, 5.41) is 0. The van der Waals surface area contributed by atoms with E-state index in [-0.39, 0.29) is 18.4 Å². The van der Waals surface area contributed by atoms with Gasteiger partial charge in [0.1, 0.15) is 0 Å². The van der Waals surface area contributed by atoms with Gasteiger partial charge in [0.05, 0.1) is 12.1 Å². The summed E-state index contributed by atoms with van der Waals surface area (Å²) in [4.78, 5) is 27.3. The van der Waals surface area contributed by atoms with Crippen molar-refractivity contribution in [2.45, 2.75) is 0 Å². The highest BCUT2D eigenvalue weighted by Gasteiger charge is 2.24. The van der Waals surface area contributed by atoms with Crippen molar-refractivity contribution in [1.29, 1.82) is 0 Å². The molecule has 0 unspecified atom stereocenters. The number of carbonyl (C=O) groups excluding carboxylic acids is 2. The van der Waals surface area contributed by atoms with Gasteiger partial charge in [-0.05, 0) is 34.7 Å². The van der Waals surface area contributed by atoms with Gasteiger partial charge in [0, 0.05) is 29.7 Å². The lowest BCUT2D eigenvalue weighted by molar-refractivity contribution is -0.131. The standard InChI is InChI=1S/C13H16IN3O2/c14-11-4-2-1-3-10(11)13(19)17-7-5-16(6-8-17)12(18)9-15/h1-4H,5-9,15H2. The maximum absolute atomic E-state index is 12.4. The fourth-order valence-electron chi connectivity index (χ4n) is 2.09. The number of amides is 2. The van der Waals surface area contributed by atoms with Crippen LogP contribution in [0.15, 0.2) is 24.3 Å². The second-order valence-corrected chi connectivity index (χ2v) is 5.52. The first-order valence-corrected chi connectivity index (χ1v) is 7.23. The van der Waals surface area contributed by atoms with Crippen molar-refractivity contribution in [3.05, 3.63) is 33.4 Å². The largest absolute Gasteiger partial charge is 0.338 e. The Bertz CT molecular complexity index is 485. The third-order valence-corrected chi connectivity index (χ3v) is 4.14. The summed E-state index contributed by atoms with van der Waals surface area (Å²) < 4.78 is 0.950. The van der Waals surface area contributed by atoms with Crippen LogP contribution in [0, 0.1) is 3.57 Å². The van der Waals surface area contributed by atoms with E-state index in [9.17, 15) is 9.59 Å². The van der Waals surface area contributed by atoms with Gasteiger partial charge in [-0.2, -0.15) is 0 Å². The Kier molecular flexibility index (Phi) is 4.76. The maximum atomic E-state index is 12.4. The molecular formula is C13H16IN3O2. The molecule has 0 saturated carbocycles. The Morgan fingerprint density at radius 1 is 1.11 bits per heavy atom. The highest BCUT2D eigenvalue weighted by molar-refractivity contribution is 14.1. The fraction of sp³-hybridized carbons (Fsp3) is 0.385. The van der Waals surface area contributed by atoms with Gasteiger partial charge in [0.2, 0.25) is 5.91 Å². The van der Waals surface area contributed by atoms with Crippen molar-refractivity contribution >= 4 is 34.4 Å². The van der Waals surface area contributed by atoms with Gasteiger partial charge in [0.25, 0.3) is 5.91 Å². The molecule has 1 heterocycles. The maximum Gasteiger partial charge on any atom is 0.255 e. The lowest BCUT2D eigenvalue weighted by Crippen LogP contribution is -2.52.